The molecule has 170 valence electrons. The molecule has 1 saturated carbocycles. The summed E-state index contributed by atoms with van der Waals surface area (Å²) >= 11 is 0. The molecule has 3 heterocycles. The molecule has 9 nitrogen and oxygen atoms in total. The molecular formula is C22H27N5O4S. The van der Waals surface area contributed by atoms with Gasteiger partial charge in [-0.2, -0.15) is 4.98 Å². The van der Waals surface area contributed by atoms with Crippen molar-refractivity contribution in [2.75, 3.05) is 31.4 Å². The third-order valence-electron chi connectivity index (χ3n) is 5.48. The summed E-state index contributed by atoms with van der Waals surface area (Å²) in [4.78, 5) is 15.2. The van der Waals surface area contributed by atoms with Gasteiger partial charge in [0.1, 0.15) is 5.75 Å². The zero-order chi connectivity index (χ0) is 22.9. The SMILES string of the molecule is CC(C)c1noc(N(C)CC2CC2COc2ccc(-c3ccc(S(C)(=O)=O)cn3)nc2)n1. The largest absolute Gasteiger partial charge is 0.492 e. The first kappa shape index (κ1) is 22.2. The molecule has 3 aromatic rings. The van der Waals surface area contributed by atoms with Crippen LogP contribution in [-0.2, 0) is 9.84 Å². The first-order chi connectivity index (χ1) is 15.2. The number of nitrogens with zero attached hydrogens (tertiary/aromatic N) is 5. The quantitative estimate of drug-likeness (QED) is 0.478. The highest BCUT2D eigenvalue weighted by atomic mass is 32.2. The van der Waals surface area contributed by atoms with Crippen LogP contribution in [0.5, 0.6) is 5.75 Å². The Morgan fingerprint density at radius 2 is 1.84 bits per heavy atom. The predicted molar refractivity (Wildman–Crippen MR) is 119 cm³/mol. The highest BCUT2D eigenvalue weighted by Gasteiger charge is 2.39. The summed E-state index contributed by atoms with van der Waals surface area (Å²) in [5, 5.41) is 4.01. The zero-order valence-corrected chi connectivity index (χ0v) is 19.4. The van der Waals surface area contributed by atoms with Crippen molar-refractivity contribution >= 4 is 15.9 Å². The van der Waals surface area contributed by atoms with E-state index in [0.29, 0.717) is 41.6 Å². The average molecular weight is 458 g/mol. The Balaban J connectivity index is 1.26. The lowest BCUT2D eigenvalue weighted by Crippen LogP contribution is -2.21. The molecule has 2 atom stereocenters. The number of hydrogen-bond donors (Lipinski definition) is 0. The minimum Gasteiger partial charge on any atom is -0.492 e. The van der Waals surface area contributed by atoms with E-state index in [-0.39, 0.29) is 10.8 Å². The first-order valence-corrected chi connectivity index (χ1v) is 12.4. The normalized spacial score (nSPS) is 18.0. The van der Waals surface area contributed by atoms with Gasteiger partial charge in [0.15, 0.2) is 15.7 Å². The van der Waals surface area contributed by atoms with Crippen LogP contribution >= 0.6 is 0 Å². The van der Waals surface area contributed by atoms with Crippen molar-refractivity contribution in [3.05, 3.63) is 42.5 Å². The highest BCUT2D eigenvalue weighted by molar-refractivity contribution is 7.90. The Morgan fingerprint density at radius 3 is 2.41 bits per heavy atom. The molecule has 0 aromatic carbocycles. The number of ether oxygens (including phenoxy) is 1. The van der Waals surface area contributed by atoms with Gasteiger partial charge in [-0.15, -0.1) is 0 Å². The number of sulfone groups is 1. The number of anilines is 1. The molecule has 1 aliphatic rings. The van der Waals surface area contributed by atoms with Crippen LogP contribution in [0.25, 0.3) is 11.4 Å². The maximum absolute atomic E-state index is 11.6. The Hall–Kier alpha value is -3.01. The van der Waals surface area contributed by atoms with E-state index >= 15 is 0 Å². The highest BCUT2D eigenvalue weighted by Crippen LogP contribution is 2.39. The Kier molecular flexibility index (Phi) is 6.14. The lowest BCUT2D eigenvalue weighted by Gasteiger charge is -2.13. The van der Waals surface area contributed by atoms with Crippen LogP contribution in [0.4, 0.5) is 6.01 Å². The smallest absolute Gasteiger partial charge is 0.323 e. The van der Waals surface area contributed by atoms with Crippen molar-refractivity contribution in [3.63, 3.8) is 0 Å². The van der Waals surface area contributed by atoms with E-state index in [1.165, 1.54) is 12.3 Å². The summed E-state index contributed by atoms with van der Waals surface area (Å²) in [7, 11) is -1.30. The fourth-order valence-corrected chi connectivity index (χ4v) is 3.91. The fourth-order valence-electron chi connectivity index (χ4n) is 3.36. The van der Waals surface area contributed by atoms with E-state index in [0.717, 1.165) is 25.0 Å². The van der Waals surface area contributed by atoms with Gasteiger partial charge in [0.25, 0.3) is 0 Å². The average Bonchev–Trinajstić information content (AvgIpc) is 3.29. The monoisotopic (exact) mass is 457 g/mol. The molecule has 10 heteroatoms. The molecule has 4 rings (SSSR count). The summed E-state index contributed by atoms with van der Waals surface area (Å²) in [6.45, 7) is 5.55. The molecule has 1 fully saturated rings. The molecule has 32 heavy (non-hydrogen) atoms. The minimum atomic E-state index is -3.27. The third kappa shape index (κ3) is 5.24. The van der Waals surface area contributed by atoms with Gasteiger partial charge in [0.2, 0.25) is 0 Å². The first-order valence-electron chi connectivity index (χ1n) is 10.5. The van der Waals surface area contributed by atoms with Gasteiger partial charge in [0.05, 0.1) is 29.1 Å². The van der Waals surface area contributed by atoms with Crippen molar-refractivity contribution in [1.82, 2.24) is 20.1 Å². The second-order valence-electron chi connectivity index (χ2n) is 8.57. The number of hydrogen-bond acceptors (Lipinski definition) is 9. The van der Waals surface area contributed by atoms with Gasteiger partial charge in [-0.1, -0.05) is 19.0 Å². The number of pyridine rings is 2. The fraction of sp³-hybridized carbons (Fsp3) is 0.455. The predicted octanol–water partition coefficient (Wildman–Crippen LogP) is 3.20. The molecule has 0 saturated heterocycles. The van der Waals surface area contributed by atoms with Crippen molar-refractivity contribution < 1.29 is 17.7 Å². The van der Waals surface area contributed by atoms with Gasteiger partial charge in [-0.3, -0.25) is 9.97 Å². The summed E-state index contributed by atoms with van der Waals surface area (Å²) in [6, 6.07) is 7.41. The summed E-state index contributed by atoms with van der Waals surface area (Å²) < 4.78 is 34.4. The molecule has 0 aliphatic heterocycles. The topological polar surface area (TPSA) is 111 Å². The van der Waals surface area contributed by atoms with Gasteiger partial charge in [-0.25, -0.2) is 8.42 Å². The molecule has 2 unspecified atom stereocenters. The molecule has 0 amide bonds. The van der Waals surface area contributed by atoms with E-state index < -0.39 is 9.84 Å². The van der Waals surface area contributed by atoms with Crippen molar-refractivity contribution in [2.24, 2.45) is 11.8 Å². The lowest BCUT2D eigenvalue weighted by atomic mass is 10.2. The van der Waals surface area contributed by atoms with E-state index in [9.17, 15) is 8.42 Å². The Labute approximate surface area is 187 Å². The second-order valence-corrected chi connectivity index (χ2v) is 10.6. The van der Waals surface area contributed by atoms with Crippen molar-refractivity contribution in [3.8, 4) is 17.1 Å². The summed E-state index contributed by atoms with van der Waals surface area (Å²) in [5.74, 6) is 2.67. The van der Waals surface area contributed by atoms with Crippen LogP contribution in [-0.4, -0.2) is 55.0 Å². The van der Waals surface area contributed by atoms with Crippen LogP contribution < -0.4 is 9.64 Å². The zero-order valence-electron chi connectivity index (χ0n) is 18.6. The van der Waals surface area contributed by atoms with Crippen LogP contribution in [0.3, 0.4) is 0 Å². The van der Waals surface area contributed by atoms with Gasteiger partial charge in [-0.05, 0) is 42.5 Å². The van der Waals surface area contributed by atoms with Gasteiger partial charge < -0.3 is 14.2 Å². The Morgan fingerprint density at radius 1 is 1.12 bits per heavy atom. The van der Waals surface area contributed by atoms with Crippen LogP contribution in [0, 0.1) is 11.8 Å². The maximum Gasteiger partial charge on any atom is 0.323 e. The molecule has 0 N–H and O–H groups in total. The molecular weight excluding hydrogens is 430 g/mol. The van der Waals surface area contributed by atoms with Gasteiger partial charge >= 0.3 is 6.01 Å². The molecule has 0 spiro atoms. The second kappa shape index (κ2) is 8.85. The lowest BCUT2D eigenvalue weighted by molar-refractivity contribution is 0.290. The van der Waals surface area contributed by atoms with Gasteiger partial charge in [0, 0.05) is 32.0 Å². The van der Waals surface area contributed by atoms with E-state index in [4.69, 9.17) is 9.26 Å². The van der Waals surface area contributed by atoms with Crippen LogP contribution in [0.1, 0.15) is 32.0 Å². The van der Waals surface area contributed by atoms with E-state index in [2.05, 4.69) is 20.1 Å². The van der Waals surface area contributed by atoms with Crippen molar-refractivity contribution in [2.45, 2.75) is 31.1 Å². The van der Waals surface area contributed by atoms with Crippen molar-refractivity contribution in [1.29, 1.82) is 0 Å². The number of aromatic nitrogens is 4. The maximum atomic E-state index is 11.6. The third-order valence-corrected chi connectivity index (χ3v) is 6.58. The number of rotatable bonds is 9. The molecule has 0 radical (unpaired) electrons. The molecule has 3 aromatic heterocycles. The van der Waals surface area contributed by atoms with E-state index in [1.54, 1.807) is 12.3 Å². The van der Waals surface area contributed by atoms with E-state index in [1.807, 2.05) is 37.9 Å². The minimum absolute atomic E-state index is 0.185. The summed E-state index contributed by atoms with van der Waals surface area (Å²) in [5.41, 5.74) is 1.26. The summed E-state index contributed by atoms with van der Waals surface area (Å²) in [6.07, 6.45) is 5.26. The van der Waals surface area contributed by atoms with Crippen LogP contribution in [0.2, 0.25) is 0 Å². The van der Waals surface area contributed by atoms with Crippen LogP contribution in [0.15, 0.2) is 46.1 Å². The standard InChI is InChI=1S/C22H27N5O4S/c1-14(2)21-25-22(31-26-21)27(3)12-15-9-16(15)13-30-17-5-7-19(23-10-17)20-8-6-18(11-24-20)32(4,28)29/h5-8,10-11,14-16H,9,12-13H2,1-4H3. The Bertz CT molecular complexity index is 1160. The molecule has 1 aliphatic carbocycles. The molecule has 0 bridgehead atoms.